The highest BCUT2D eigenvalue weighted by Crippen LogP contribution is 2.29. The van der Waals surface area contributed by atoms with Crippen molar-refractivity contribution < 1.29 is 0 Å². The smallest absolute Gasteiger partial charge is 0.0374 e. The van der Waals surface area contributed by atoms with Gasteiger partial charge in [-0.15, -0.1) is 0 Å². The van der Waals surface area contributed by atoms with Crippen LogP contribution in [0.5, 0.6) is 0 Å². The minimum absolute atomic E-state index is 0.690. The lowest BCUT2D eigenvalue weighted by Crippen LogP contribution is -2.32. The number of fused-ring (bicyclic) bond motifs is 1. The summed E-state index contributed by atoms with van der Waals surface area (Å²) in [5, 5.41) is 3.70. The second-order valence-electron chi connectivity index (χ2n) is 4.52. The SMILES string of the molecule is CCC(CC)C1CCc2ccccc2N1. The first-order valence-corrected chi connectivity index (χ1v) is 6.19. The van der Waals surface area contributed by atoms with Crippen LogP contribution in [0.1, 0.15) is 38.7 Å². The molecule has 0 aromatic heterocycles. The average Bonchev–Trinajstić information content (AvgIpc) is 2.30. The lowest BCUT2D eigenvalue weighted by molar-refractivity contribution is 0.393. The van der Waals surface area contributed by atoms with E-state index >= 15 is 0 Å². The number of hydrogen-bond acceptors (Lipinski definition) is 1. The van der Waals surface area contributed by atoms with Crippen LogP contribution in [0.4, 0.5) is 5.69 Å². The van der Waals surface area contributed by atoms with Gasteiger partial charge in [0.15, 0.2) is 0 Å². The van der Waals surface area contributed by atoms with Crippen LogP contribution in [0.2, 0.25) is 0 Å². The van der Waals surface area contributed by atoms with Crippen molar-refractivity contribution in [2.24, 2.45) is 5.92 Å². The van der Waals surface area contributed by atoms with Crippen molar-refractivity contribution in [1.29, 1.82) is 0 Å². The van der Waals surface area contributed by atoms with E-state index in [-0.39, 0.29) is 0 Å². The van der Waals surface area contributed by atoms with Crippen molar-refractivity contribution in [3.63, 3.8) is 0 Å². The summed E-state index contributed by atoms with van der Waals surface area (Å²) in [5.74, 6) is 0.832. The predicted octanol–water partition coefficient (Wildman–Crippen LogP) is 3.85. The summed E-state index contributed by atoms with van der Waals surface area (Å²) < 4.78 is 0. The number of nitrogens with one attached hydrogen (secondary N) is 1. The zero-order chi connectivity index (χ0) is 10.7. The molecule has 0 spiro atoms. The molecule has 1 aliphatic heterocycles. The first-order chi connectivity index (χ1) is 7.35. The molecule has 1 unspecified atom stereocenters. The van der Waals surface area contributed by atoms with E-state index in [1.165, 1.54) is 36.9 Å². The Morgan fingerprint density at radius 2 is 2.00 bits per heavy atom. The van der Waals surface area contributed by atoms with Gasteiger partial charge in [0.2, 0.25) is 0 Å². The molecule has 1 aromatic carbocycles. The molecule has 0 radical (unpaired) electrons. The monoisotopic (exact) mass is 203 g/mol. The fourth-order valence-electron chi connectivity index (χ4n) is 2.67. The molecule has 1 aromatic rings. The fraction of sp³-hybridized carbons (Fsp3) is 0.571. The summed E-state index contributed by atoms with van der Waals surface area (Å²) in [4.78, 5) is 0. The van der Waals surface area contributed by atoms with Gasteiger partial charge in [-0.3, -0.25) is 0 Å². The first-order valence-electron chi connectivity index (χ1n) is 6.19. The largest absolute Gasteiger partial charge is 0.382 e. The number of rotatable bonds is 3. The predicted molar refractivity (Wildman–Crippen MR) is 66.2 cm³/mol. The van der Waals surface area contributed by atoms with Gasteiger partial charge in [0.05, 0.1) is 0 Å². The van der Waals surface area contributed by atoms with Crippen LogP contribution in [0, 0.1) is 5.92 Å². The maximum absolute atomic E-state index is 3.70. The van der Waals surface area contributed by atoms with Crippen molar-refractivity contribution in [3.8, 4) is 0 Å². The van der Waals surface area contributed by atoms with Crippen molar-refractivity contribution >= 4 is 5.69 Å². The molecule has 0 bridgehead atoms. The van der Waals surface area contributed by atoms with Crippen molar-refractivity contribution in [2.45, 2.75) is 45.6 Å². The zero-order valence-electron chi connectivity index (χ0n) is 9.79. The Morgan fingerprint density at radius 1 is 1.27 bits per heavy atom. The molecule has 1 N–H and O–H groups in total. The van der Waals surface area contributed by atoms with Crippen LogP contribution in [-0.4, -0.2) is 6.04 Å². The summed E-state index contributed by atoms with van der Waals surface area (Å²) in [6, 6.07) is 9.41. The van der Waals surface area contributed by atoms with Gasteiger partial charge >= 0.3 is 0 Å². The fourth-order valence-corrected chi connectivity index (χ4v) is 2.67. The zero-order valence-corrected chi connectivity index (χ0v) is 9.79. The van der Waals surface area contributed by atoms with Crippen LogP contribution >= 0.6 is 0 Å². The molecule has 1 atom stereocenters. The first kappa shape index (κ1) is 10.5. The van der Waals surface area contributed by atoms with E-state index in [0.717, 1.165) is 5.92 Å². The average molecular weight is 203 g/mol. The van der Waals surface area contributed by atoms with Gasteiger partial charge in [-0.05, 0) is 30.4 Å². The summed E-state index contributed by atoms with van der Waals surface area (Å²) in [6.45, 7) is 4.60. The molecule has 2 rings (SSSR count). The third kappa shape index (κ3) is 2.17. The van der Waals surface area contributed by atoms with E-state index in [1.807, 2.05) is 0 Å². The van der Waals surface area contributed by atoms with Gasteiger partial charge < -0.3 is 5.32 Å². The molecule has 82 valence electrons. The number of aryl methyl sites for hydroxylation is 1. The Morgan fingerprint density at radius 3 is 2.73 bits per heavy atom. The second-order valence-corrected chi connectivity index (χ2v) is 4.52. The van der Waals surface area contributed by atoms with E-state index in [1.54, 1.807) is 0 Å². The second kappa shape index (κ2) is 4.69. The summed E-state index contributed by atoms with van der Waals surface area (Å²) in [6.07, 6.45) is 5.11. The van der Waals surface area contributed by atoms with E-state index in [2.05, 4.69) is 43.4 Å². The Hall–Kier alpha value is -0.980. The standard InChI is InChI=1S/C14H21N/c1-3-11(4-2)14-10-9-12-7-5-6-8-13(12)15-14/h5-8,11,14-15H,3-4,9-10H2,1-2H3. The highest BCUT2D eigenvalue weighted by molar-refractivity contribution is 5.53. The Labute approximate surface area is 92.9 Å². The highest BCUT2D eigenvalue weighted by atomic mass is 14.9. The van der Waals surface area contributed by atoms with Gasteiger partial charge in [0.1, 0.15) is 0 Å². The summed E-state index contributed by atoms with van der Waals surface area (Å²) in [7, 11) is 0. The third-order valence-corrected chi connectivity index (χ3v) is 3.70. The molecular formula is C14H21N. The molecule has 0 fully saturated rings. The molecule has 1 nitrogen and oxygen atoms in total. The molecule has 0 saturated carbocycles. The van der Waals surface area contributed by atoms with Gasteiger partial charge in [0.25, 0.3) is 0 Å². The van der Waals surface area contributed by atoms with Gasteiger partial charge in [-0.25, -0.2) is 0 Å². The van der Waals surface area contributed by atoms with Crippen LogP contribution in [0.15, 0.2) is 24.3 Å². The number of anilines is 1. The van der Waals surface area contributed by atoms with Crippen LogP contribution in [0.25, 0.3) is 0 Å². The van der Waals surface area contributed by atoms with Crippen LogP contribution in [-0.2, 0) is 6.42 Å². The number of para-hydroxylation sites is 1. The minimum atomic E-state index is 0.690. The quantitative estimate of drug-likeness (QED) is 0.786. The molecular weight excluding hydrogens is 182 g/mol. The van der Waals surface area contributed by atoms with Crippen molar-refractivity contribution in [1.82, 2.24) is 0 Å². The Bertz CT molecular complexity index is 315. The minimum Gasteiger partial charge on any atom is -0.382 e. The van der Waals surface area contributed by atoms with Gasteiger partial charge in [-0.1, -0.05) is 44.9 Å². The van der Waals surface area contributed by atoms with E-state index in [0.29, 0.717) is 6.04 Å². The summed E-state index contributed by atoms with van der Waals surface area (Å²) >= 11 is 0. The normalized spacial score (nSPS) is 19.8. The Kier molecular flexibility index (Phi) is 3.30. The van der Waals surface area contributed by atoms with Crippen molar-refractivity contribution in [2.75, 3.05) is 5.32 Å². The van der Waals surface area contributed by atoms with Gasteiger partial charge in [0, 0.05) is 11.7 Å². The van der Waals surface area contributed by atoms with Crippen molar-refractivity contribution in [3.05, 3.63) is 29.8 Å². The maximum atomic E-state index is 3.70. The van der Waals surface area contributed by atoms with E-state index < -0.39 is 0 Å². The van der Waals surface area contributed by atoms with Crippen LogP contribution in [0.3, 0.4) is 0 Å². The number of benzene rings is 1. The maximum Gasteiger partial charge on any atom is 0.0374 e. The number of hydrogen-bond donors (Lipinski definition) is 1. The lowest BCUT2D eigenvalue weighted by Gasteiger charge is -2.32. The van der Waals surface area contributed by atoms with Crippen LogP contribution < -0.4 is 5.32 Å². The Balaban J connectivity index is 2.11. The molecule has 0 amide bonds. The highest BCUT2D eigenvalue weighted by Gasteiger charge is 2.22. The molecule has 15 heavy (non-hydrogen) atoms. The summed E-state index contributed by atoms with van der Waals surface area (Å²) in [5.41, 5.74) is 2.85. The van der Waals surface area contributed by atoms with E-state index in [9.17, 15) is 0 Å². The lowest BCUT2D eigenvalue weighted by atomic mass is 9.86. The molecule has 1 heterocycles. The molecule has 0 saturated heterocycles. The molecule has 1 aliphatic rings. The van der Waals surface area contributed by atoms with Gasteiger partial charge in [-0.2, -0.15) is 0 Å². The third-order valence-electron chi connectivity index (χ3n) is 3.70. The molecule has 1 heteroatoms. The topological polar surface area (TPSA) is 12.0 Å². The van der Waals surface area contributed by atoms with E-state index in [4.69, 9.17) is 0 Å². The molecule has 0 aliphatic carbocycles.